The van der Waals surface area contributed by atoms with Gasteiger partial charge in [-0.15, -0.1) is 0 Å². The number of carboxylic acids is 2. The van der Waals surface area contributed by atoms with E-state index in [0.717, 1.165) is 0 Å². The number of nitrogens with zero attached hydrogens (tertiary/aromatic N) is 1. The van der Waals surface area contributed by atoms with Gasteiger partial charge in [-0.3, -0.25) is 0 Å². The molecule has 8 heteroatoms. The van der Waals surface area contributed by atoms with Gasteiger partial charge in [0.25, 0.3) is 0 Å². The molecule has 1 heterocycles. The predicted octanol–water partition coefficient (Wildman–Crippen LogP) is 2.25. The summed E-state index contributed by atoms with van der Waals surface area (Å²) in [7, 11) is 0. The van der Waals surface area contributed by atoms with Gasteiger partial charge in [-0.2, -0.15) is 4.57 Å². The van der Waals surface area contributed by atoms with Crippen LogP contribution in [0.5, 0.6) is 0 Å². The molecule has 0 fully saturated rings. The lowest BCUT2D eigenvalue weighted by atomic mass is 9.91. The minimum absolute atomic E-state index is 0.0622. The molecule has 0 spiro atoms. The fourth-order valence-corrected chi connectivity index (χ4v) is 3.36. The van der Waals surface area contributed by atoms with Gasteiger partial charge in [0.05, 0.1) is 17.6 Å². The maximum Gasteiger partial charge on any atom is 0.402 e. The lowest BCUT2D eigenvalue weighted by Gasteiger charge is -2.20. The fraction of sp³-hybridized carbons (Fsp3) is 0.300. The molecule has 1 aromatic carbocycles. The second-order valence-corrected chi connectivity index (χ2v) is 6.74. The standard InChI is InChI=1S/C20H20ClNO6/c1-5-22-11(4)14(20(27)28-10(2)3)15(12-8-6-7-9-13(12)21)16(18(23)24)17(22)19(25)26/h6-10H,5H2,1-4H3,(H-,23,24,25,26). The van der Waals surface area contributed by atoms with Crippen molar-refractivity contribution in [3.8, 4) is 11.1 Å². The molecule has 1 aromatic heterocycles. The largest absolute Gasteiger partial charge is 0.545 e. The van der Waals surface area contributed by atoms with Gasteiger partial charge in [-0.1, -0.05) is 29.8 Å². The van der Waals surface area contributed by atoms with E-state index in [9.17, 15) is 24.6 Å². The van der Waals surface area contributed by atoms with Gasteiger partial charge < -0.3 is 19.7 Å². The lowest BCUT2D eigenvalue weighted by Crippen LogP contribution is -2.47. The van der Waals surface area contributed by atoms with Crippen molar-refractivity contribution in [2.45, 2.75) is 40.3 Å². The molecule has 2 aromatic rings. The summed E-state index contributed by atoms with van der Waals surface area (Å²) < 4.78 is 6.54. The topological polar surface area (TPSA) is 108 Å². The first kappa shape index (κ1) is 21.4. The molecular weight excluding hydrogens is 386 g/mol. The smallest absolute Gasteiger partial charge is 0.402 e. The summed E-state index contributed by atoms with van der Waals surface area (Å²) in [6.07, 6.45) is -0.466. The average molecular weight is 406 g/mol. The quantitative estimate of drug-likeness (QED) is 0.583. The van der Waals surface area contributed by atoms with Crippen molar-refractivity contribution >= 4 is 29.5 Å². The normalized spacial score (nSPS) is 10.8. The molecule has 0 aliphatic heterocycles. The Morgan fingerprint density at radius 2 is 1.82 bits per heavy atom. The van der Waals surface area contributed by atoms with Crippen LogP contribution in [0.2, 0.25) is 5.02 Å². The van der Waals surface area contributed by atoms with Crippen LogP contribution in [0, 0.1) is 6.92 Å². The van der Waals surface area contributed by atoms with Crippen LogP contribution in [0.25, 0.3) is 11.1 Å². The van der Waals surface area contributed by atoms with Crippen LogP contribution in [-0.4, -0.2) is 29.1 Å². The van der Waals surface area contributed by atoms with Crippen molar-refractivity contribution in [3.05, 3.63) is 51.8 Å². The van der Waals surface area contributed by atoms with E-state index in [1.165, 1.54) is 23.6 Å². The average Bonchev–Trinajstić information content (AvgIpc) is 2.59. The van der Waals surface area contributed by atoms with Crippen LogP contribution in [0.15, 0.2) is 24.3 Å². The van der Waals surface area contributed by atoms with Crippen molar-refractivity contribution in [1.29, 1.82) is 0 Å². The summed E-state index contributed by atoms with van der Waals surface area (Å²) in [5, 5.41) is 21.9. The first-order valence-corrected chi connectivity index (χ1v) is 9.00. The van der Waals surface area contributed by atoms with E-state index in [2.05, 4.69) is 0 Å². The Balaban J connectivity index is 3.12. The third-order valence-electron chi connectivity index (χ3n) is 4.19. The van der Waals surface area contributed by atoms with Crippen molar-refractivity contribution in [2.75, 3.05) is 0 Å². The van der Waals surface area contributed by atoms with Crippen molar-refractivity contribution in [2.24, 2.45) is 0 Å². The van der Waals surface area contributed by atoms with E-state index in [1.807, 2.05) is 0 Å². The Hall–Kier alpha value is -2.93. The highest BCUT2D eigenvalue weighted by molar-refractivity contribution is 6.34. The molecule has 0 unspecified atom stereocenters. The van der Waals surface area contributed by atoms with E-state index >= 15 is 0 Å². The van der Waals surface area contributed by atoms with Gasteiger partial charge in [-0.05, 0) is 26.8 Å². The molecule has 148 valence electrons. The second-order valence-electron chi connectivity index (χ2n) is 6.33. The van der Waals surface area contributed by atoms with Crippen LogP contribution in [0.4, 0.5) is 0 Å². The second kappa shape index (κ2) is 8.39. The number of ether oxygens (including phenoxy) is 1. The zero-order chi connectivity index (χ0) is 21.2. The van der Waals surface area contributed by atoms with Crippen LogP contribution in [0.3, 0.4) is 0 Å². The Kier molecular flexibility index (Phi) is 6.41. The highest BCUT2D eigenvalue weighted by atomic mass is 35.5. The molecular formula is C20H20ClNO6. The van der Waals surface area contributed by atoms with E-state index in [1.54, 1.807) is 32.9 Å². The van der Waals surface area contributed by atoms with Gasteiger partial charge in [0.2, 0.25) is 0 Å². The monoisotopic (exact) mass is 405 g/mol. The molecule has 0 radical (unpaired) electrons. The molecule has 0 aliphatic rings. The highest BCUT2D eigenvalue weighted by Crippen LogP contribution is 2.35. The molecule has 0 bridgehead atoms. The molecule has 28 heavy (non-hydrogen) atoms. The number of aromatic carboxylic acids is 2. The number of hydrogen-bond acceptors (Lipinski definition) is 5. The van der Waals surface area contributed by atoms with E-state index in [0.29, 0.717) is 0 Å². The van der Waals surface area contributed by atoms with E-state index in [-0.39, 0.29) is 34.0 Å². The molecule has 0 aliphatic carbocycles. The zero-order valence-corrected chi connectivity index (χ0v) is 16.7. The Labute approximate surface area is 167 Å². The summed E-state index contributed by atoms with van der Waals surface area (Å²) in [6, 6.07) is 6.27. The molecule has 7 nitrogen and oxygen atoms in total. The van der Waals surface area contributed by atoms with Crippen LogP contribution in [0.1, 0.15) is 57.7 Å². The van der Waals surface area contributed by atoms with Gasteiger partial charge in [-0.25, -0.2) is 9.59 Å². The van der Waals surface area contributed by atoms with E-state index in [4.69, 9.17) is 16.3 Å². The third-order valence-corrected chi connectivity index (χ3v) is 4.52. The van der Waals surface area contributed by atoms with Crippen molar-refractivity contribution in [1.82, 2.24) is 0 Å². The maximum atomic E-state index is 12.9. The lowest BCUT2D eigenvalue weighted by molar-refractivity contribution is -0.702. The summed E-state index contributed by atoms with van der Waals surface area (Å²) in [4.78, 5) is 36.8. The third kappa shape index (κ3) is 3.84. The minimum atomic E-state index is -1.73. The zero-order valence-electron chi connectivity index (χ0n) is 15.9. The number of carboxylic acid groups (broad SMARTS) is 2. The number of benzene rings is 1. The number of hydrogen-bond donors (Lipinski definition) is 1. The van der Waals surface area contributed by atoms with Crippen molar-refractivity contribution in [3.63, 3.8) is 0 Å². The summed E-state index contributed by atoms with van der Waals surface area (Å²) in [6.45, 7) is 6.61. The molecule has 0 atom stereocenters. The molecule has 1 N–H and O–H groups in total. The van der Waals surface area contributed by atoms with Crippen LogP contribution >= 0.6 is 11.6 Å². The summed E-state index contributed by atoms with van der Waals surface area (Å²) >= 11 is 6.26. The van der Waals surface area contributed by atoms with Gasteiger partial charge in [0.15, 0.2) is 5.69 Å². The first-order chi connectivity index (χ1) is 13.1. The molecule has 0 saturated carbocycles. The number of carbonyl (C=O) groups is 3. The van der Waals surface area contributed by atoms with Gasteiger partial charge in [0, 0.05) is 23.1 Å². The van der Waals surface area contributed by atoms with Crippen LogP contribution in [-0.2, 0) is 11.3 Å². The number of halogens is 1. The Bertz CT molecular complexity index is 968. The first-order valence-electron chi connectivity index (χ1n) is 8.62. The Morgan fingerprint density at radius 1 is 1.21 bits per heavy atom. The fourth-order valence-electron chi connectivity index (χ4n) is 3.13. The summed E-state index contributed by atoms with van der Waals surface area (Å²) in [5.41, 5.74) is -0.845. The van der Waals surface area contributed by atoms with Gasteiger partial charge >= 0.3 is 17.6 Å². The van der Waals surface area contributed by atoms with Crippen molar-refractivity contribution < 1.29 is 33.9 Å². The molecule has 2 rings (SSSR count). The number of pyridine rings is 1. The minimum Gasteiger partial charge on any atom is -0.545 e. The molecule has 0 saturated heterocycles. The number of esters is 1. The predicted molar refractivity (Wildman–Crippen MR) is 99.3 cm³/mol. The Morgan fingerprint density at radius 3 is 2.29 bits per heavy atom. The molecule has 0 amide bonds. The highest BCUT2D eigenvalue weighted by Gasteiger charge is 2.37. The SMILES string of the molecule is CC[n+]1c(C)c(C(=O)OC(C)C)c(-c2ccccc2Cl)c(C(=O)[O-])c1C(=O)O. The number of carbonyl (C=O) groups excluding carboxylic acids is 2. The van der Waals surface area contributed by atoms with E-state index < -0.39 is 35.3 Å². The van der Waals surface area contributed by atoms with Gasteiger partial charge in [0.1, 0.15) is 12.1 Å². The number of rotatable bonds is 6. The number of aromatic nitrogens is 1. The maximum absolute atomic E-state index is 12.9. The van der Waals surface area contributed by atoms with Crippen LogP contribution < -0.4 is 9.67 Å². The summed E-state index contributed by atoms with van der Waals surface area (Å²) in [5.74, 6) is -3.96.